The van der Waals surface area contributed by atoms with Crippen LogP contribution >= 0.6 is 11.6 Å². The van der Waals surface area contributed by atoms with E-state index in [2.05, 4.69) is 0 Å². The molecule has 106 valence electrons. The predicted octanol–water partition coefficient (Wildman–Crippen LogP) is 3.73. The van der Waals surface area contributed by atoms with E-state index in [1.807, 2.05) is 6.07 Å². The Bertz CT molecular complexity index is 727. The molecule has 3 rings (SSSR count). The molecule has 1 heterocycles. The SMILES string of the molecule is N#Cc1c(Cl)cccc1OCC1Cc2cc(F)ccc2O1. The molecule has 3 nitrogen and oxygen atoms in total. The maximum absolute atomic E-state index is 13.1. The molecule has 0 saturated heterocycles. The average molecular weight is 304 g/mol. The molecule has 0 amide bonds. The summed E-state index contributed by atoms with van der Waals surface area (Å²) in [5.41, 5.74) is 1.14. The van der Waals surface area contributed by atoms with Gasteiger partial charge in [0.1, 0.15) is 41.7 Å². The highest BCUT2D eigenvalue weighted by Crippen LogP contribution is 2.30. The van der Waals surface area contributed by atoms with Gasteiger partial charge in [-0.05, 0) is 30.3 Å². The van der Waals surface area contributed by atoms with Gasteiger partial charge in [0.2, 0.25) is 0 Å². The molecule has 21 heavy (non-hydrogen) atoms. The topological polar surface area (TPSA) is 42.2 Å². The smallest absolute Gasteiger partial charge is 0.138 e. The summed E-state index contributed by atoms with van der Waals surface area (Å²) >= 11 is 5.94. The highest BCUT2D eigenvalue weighted by Gasteiger charge is 2.24. The largest absolute Gasteiger partial charge is 0.488 e. The summed E-state index contributed by atoms with van der Waals surface area (Å²) in [4.78, 5) is 0. The molecule has 0 radical (unpaired) electrons. The zero-order valence-corrected chi connectivity index (χ0v) is 11.7. The minimum atomic E-state index is -0.277. The summed E-state index contributed by atoms with van der Waals surface area (Å²) in [6.07, 6.45) is 0.377. The second-order valence-electron chi connectivity index (χ2n) is 4.73. The summed E-state index contributed by atoms with van der Waals surface area (Å²) in [7, 11) is 0. The van der Waals surface area contributed by atoms with Crippen LogP contribution in [0.3, 0.4) is 0 Å². The fraction of sp³-hybridized carbons (Fsp3) is 0.188. The van der Waals surface area contributed by atoms with E-state index in [9.17, 15) is 4.39 Å². The Balaban J connectivity index is 1.68. The van der Waals surface area contributed by atoms with Gasteiger partial charge in [0.25, 0.3) is 0 Å². The van der Waals surface area contributed by atoms with Crippen molar-refractivity contribution in [3.05, 3.63) is 58.4 Å². The number of rotatable bonds is 3. The Kier molecular flexibility index (Phi) is 3.68. The number of nitrogens with zero attached hydrogens (tertiary/aromatic N) is 1. The zero-order chi connectivity index (χ0) is 14.8. The van der Waals surface area contributed by atoms with Crippen molar-refractivity contribution in [2.24, 2.45) is 0 Å². The summed E-state index contributed by atoms with van der Waals surface area (Å²) in [5, 5.41) is 9.43. The van der Waals surface area contributed by atoms with E-state index in [4.69, 9.17) is 26.3 Å². The molecule has 1 atom stereocenters. The van der Waals surface area contributed by atoms with Gasteiger partial charge in [-0.15, -0.1) is 0 Å². The molecule has 0 fully saturated rings. The molecule has 0 N–H and O–H groups in total. The van der Waals surface area contributed by atoms with Gasteiger partial charge in [-0.1, -0.05) is 17.7 Å². The van der Waals surface area contributed by atoms with Crippen LogP contribution in [0.15, 0.2) is 36.4 Å². The minimum Gasteiger partial charge on any atom is -0.488 e. The number of fused-ring (bicyclic) bond motifs is 1. The van der Waals surface area contributed by atoms with E-state index in [0.29, 0.717) is 28.5 Å². The van der Waals surface area contributed by atoms with Crippen LogP contribution in [0.25, 0.3) is 0 Å². The van der Waals surface area contributed by atoms with Crippen LogP contribution in [0.4, 0.5) is 4.39 Å². The van der Waals surface area contributed by atoms with E-state index in [1.54, 1.807) is 24.3 Å². The number of hydrogen-bond acceptors (Lipinski definition) is 3. The third kappa shape index (κ3) is 2.79. The molecule has 0 bridgehead atoms. The number of ether oxygens (including phenoxy) is 2. The quantitative estimate of drug-likeness (QED) is 0.867. The van der Waals surface area contributed by atoms with E-state index < -0.39 is 0 Å². The van der Waals surface area contributed by atoms with Crippen LogP contribution in [0.2, 0.25) is 5.02 Å². The number of hydrogen-bond donors (Lipinski definition) is 0. The summed E-state index contributed by atoms with van der Waals surface area (Å²) in [6, 6.07) is 11.5. The van der Waals surface area contributed by atoms with Gasteiger partial charge >= 0.3 is 0 Å². The Morgan fingerprint density at radius 2 is 2.24 bits per heavy atom. The molecule has 0 saturated carbocycles. The van der Waals surface area contributed by atoms with Gasteiger partial charge in [-0.3, -0.25) is 0 Å². The van der Waals surface area contributed by atoms with Crippen molar-refractivity contribution in [1.82, 2.24) is 0 Å². The fourth-order valence-corrected chi connectivity index (χ4v) is 2.51. The third-order valence-electron chi connectivity index (χ3n) is 3.28. The van der Waals surface area contributed by atoms with Crippen molar-refractivity contribution in [3.8, 4) is 17.6 Å². The second kappa shape index (κ2) is 5.63. The van der Waals surface area contributed by atoms with Gasteiger partial charge in [0.15, 0.2) is 0 Å². The molecule has 2 aromatic rings. The number of nitriles is 1. The molecule has 0 spiro atoms. The maximum atomic E-state index is 13.1. The normalized spacial score (nSPS) is 16.0. The Hall–Kier alpha value is -2.25. The zero-order valence-electron chi connectivity index (χ0n) is 11.0. The summed E-state index contributed by atoms with van der Waals surface area (Å²) in [6.45, 7) is 0.269. The van der Waals surface area contributed by atoms with Crippen molar-refractivity contribution in [2.75, 3.05) is 6.61 Å². The molecule has 5 heteroatoms. The minimum absolute atomic E-state index is 0.202. The first kappa shape index (κ1) is 13.7. The Morgan fingerprint density at radius 1 is 1.38 bits per heavy atom. The lowest BCUT2D eigenvalue weighted by Gasteiger charge is -2.13. The van der Waals surface area contributed by atoms with Crippen LogP contribution in [-0.2, 0) is 6.42 Å². The van der Waals surface area contributed by atoms with E-state index in [1.165, 1.54) is 12.1 Å². The molecule has 1 aliphatic rings. The summed E-state index contributed by atoms with van der Waals surface area (Å²) in [5.74, 6) is 0.827. The predicted molar refractivity (Wildman–Crippen MR) is 76.2 cm³/mol. The second-order valence-corrected chi connectivity index (χ2v) is 5.14. The van der Waals surface area contributed by atoms with Crippen LogP contribution in [0, 0.1) is 17.1 Å². The molecule has 1 aliphatic heterocycles. The molecular formula is C16H11ClFNO2. The Labute approximate surface area is 126 Å². The van der Waals surface area contributed by atoms with E-state index in [0.717, 1.165) is 5.56 Å². The average Bonchev–Trinajstić information content (AvgIpc) is 2.87. The molecule has 0 aromatic heterocycles. The lowest BCUT2D eigenvalue weighted by Crippen LogP contribution is -2.22. The van der Waals surface area contributed by atoms with Gasteiger partial charge in [-0.25, -0.2) is 4.39 Å². The maximum Gasteiger partial charge on any atom is 0.138 e. The number of halogens is 2. The van der Waals surface area contributed by atoms with Crippen LogP contribution in [0.5, 0.6) is 11.5 Å². The summed E-state index contributed by atoms with van der Waals surface area (Å²) < 4.78 is 24.5. The van der Waals surface area contributed by atoms with E-state index >= 15 is 0 Å². The first-order valence-electron chi connectivity index (χ1n) is 6.44. The van der Waals surface area contributed by atoms with E-state index in [-0.39, 0.29) is 18.5 Å². The molecular weight excluding hydrogens is 293 g/mol. The van der Waals surface area contributed by atoms with Gasteiger partial charge in [0.05, 0.1) is 5.02 Å². The van der Waals surface area contributed by atoms with Crippen LogP contribution < -0.4 is 9.47 Å². The van der Waals surface area contributed by atoms with Crippen molar-refractivity contribution in [2.45, 2.75) is 12.5 Å². The fourth-order valence-electron chi connectivity index (χ4n) is 2.30. The lowest BCUT2D eigenvalue weighted by molar-refractivity contribution is 0.148. The van der Waals surface area contributed by atoms with Gasteiger partial charge in [0, 0.05) is 12.0 Å². The van der Waals surface area contributed by atoms with Crippen LogP contribution in [0.1, 0.15) is 11.1 Å². The molecule has 1 unspecified atom stereocenters. The highest BCUT2D eigenvalue weighted by atomic mass is 35.5. The third-order valence-corrected chi connectivity index (χ3v) is 3.59. The van der Waals surface area contributed by atoms with Crippen LogP contribution in [-0.4, -0.2) is 12.7 Å². The Morgan fingerprint density at radius 3 is 3.05 bits per heavy atom. The van der Waals surface area contributed by atoms with Crippen molar-refractivity contribution in [3.63, 3.8) is 0 Å². The standard InChI is InChI=1S/C16H11ClFNO2/c17-14-2-1-3-16(13(14)8-19)20-9-12-7-10-6-11(18)4-5-15(10)21-12/h1-6,12H,7,9H2. The monoisotopic (exact) mass is 303 g/mol. The highest BCUT2D eigenvalue weighted by molar-refractivity contribution is 6.31. The lowest BCUT2D eigenvalue weighted by atomic mass is 10.1. The van der Waals surface area contributed by atoms with Crippen molar-refractivity contribution >= 4 is 11.6 Å². The van der Waals surface area contributed by atoms with Crippen molar-refractivity contribution < 1.29 is 13.9 Å². The number of benzene rings is 2. The van der Waals surface area contributed by atoms with Gasteiger partial charge < -0.3 is 9.47 Å². The first-order chi connectivity index (χ1) is 10.2. The first-order valence-corrected chi connectivity index (χ1v) is 6.81. The van der Waals surface area contributed by atoms with Crippen molar-refractivity contribution in [1.29, 1.82) is 5.26 Å². The molecule has 2 aromatic carbocycles. The molecule has 0 aliphatic carbocycles. The van der Waals surface area contributed by atoms with Gasteiger partial charge in [-0.2, -0.15) is 5.26 Å².